The molecule has 0 N–H and O–H groups in total. The van der Waals surface area contributed by atoms with Gasteiger partial charge in [-0.25, -0.2) is 13.2 Å². The van der Waals surface area contributed by atoms with Gasteiger partial charge in [-0.15, -0.1) is 0 Å². The minimum absolute atomic E-state index is 0.114. The summed E-state index contributed by atoms with van der Waals surface area (Å²) in [5.41, 5.74) is 0. The molecule has 5 heteroatoms. The number of esters is 1. The molecule has 19 heavy (non-hydrogen) atoms. The largest absolute Gasteiger partial charge is 0.451 e. The van der Waals surface area contributed by atoms with Crippen LogP contribution in [0.2, 0.25) is 0 Å². The Morgan fingerprint density at radius 2 is 1.74 bits per heavy atom. The first kappa shape index (κ1) is 14.9. The molecule has 0 saturated heterocycles. The lowest BCUT2D eigenvalue weighted by Gasteiger charge is -2.06. The highest BCUT2D eigenvalue weighted by Gasteiger charge is 2.11. The fourth-order valence-corrected chi connectivity index (χ4v) is 2.18. The molecule has 4 nitrogen and oxygen atoms in total. The third-order valence-electron chi connectivity index (χ3n) is 2.17. The summed E-state index contributed by atoms with van der Waals surface area (Å²) in [5, 5.41) is 0.813. The molecule has 0 unspecified atom stereocenters. The van der Waals surface area contributed by atoms with E-state index < -0.39 is 21.9 Å². The molecule has 1 rings (SSSR count). The maximum absolute atomic E-state index is 11.8. The average Bonchev–Trinajstić information content (AvgIpc) is 2.43. The Morgan fingerprint density at radius 3 is 2.26 bits per heavy atom. The van der Waals surface area contributed by atoms with Crippen LogP contribution in [-0.2, 0) is 19.4 Å². The maximum atomic E-state index is 11.8. The molecule has 0 bridgehead atoms. The van der Waals surface area contributed by atoms with E-state index in [1.165, 1.54) is 24.3 Å². The molecular formula is C14H14O4S. The summed E-state index contributed by atoms with van der Waals surface area (Å²) in [5.74, 6) is -0.774. The van der Waals surface area contributed by atoms with Crippen molar-refractivity contribution in [2.45, 2.75) is 11.0 Å². The number of hydrogen-bond acceptors (Lipinski definition) is 4. The first-order valence-electron chi connectivity index (χ1n) is 5.43. The van der Waals surface area contributed by atoms with Gasteiger partial charge >= 0.3 is 5.97 Å². The average molecular weight is 278 g/mol. The van der Waals surface area contributed by atoms with E-state index in [1.54, 1.807) is 18.2 Å². The lowest BCUT2D eigenvalue weighted by Crippen LogP contribution is -2.11. The summed E-state index contributed by atoms with van der Waals surface area (Å²) < 4.78 is 28.5. The van der Waals surface area contributed by atoms with Crippen molar-refractivity contribution in [1.29, 1.82) is 0 Å². The first-order valence-corrected chi connectivity index (χ1v) is 6.98. The Morgan fingerprint density at radius 1 is 1.16 bits per heavy atom. The molecule has 0 aliphatic rings. The fraction of sp³-hybridized carbons (Fsp3) is 0.0714. The number of carbonyl (C=O) groups is 1. The molecule has 1 aromatic carbocycles. The third-order valence-corrected chi connectivity index (χ3v) is 3.60. The highest BCUT2D eigenvalue weighted by molar-refractivity contribution is 7.94. The summed E-state index contributed by atoms with van der Waals surface area (Å²) in [4.78, 5) is 11.5. The Bertz CT molecular complexity index is 577. The van der Waals surface area contributed by atoms with E-state index in [4.69, 9.17) is 4.74 Å². The van der Waals surface area contributed by atoms with Gasteiger partial charge in [-0.05, 0) is 24.3 Å². The van der Waals surface area contributed by atoms with Gasteiger partial charge in [0.1, 0.15) is 6.10 Å². The lowest BCUT2D eigenvalue weighted by molar-refractivity contribution is -0.139. The second-order valence-corrected chi connectivity index (χ2v) is 5.37. The van der Waals surface area contributed by atoms with Crippen molar-refractivity contribution in [2.75, 3.05) is 0 Å². The molecule has 0 radical (unpaired) electrons. The van der Waals surface area contributed by atoms with Crippen molar-refractivity contribution in [1.82, 2.24) is 0 Å². The van der Waals surface area contributed by atoms with Crippen LogP contribution in [0.1, 0.15) is 0 Å². The SMILES string of the molecule is C=CC(C=C)OC(=O)/C=C/S(=O)(=O)c1ccccc1. The highest BCUT2D eigenvalue weighted by Crippen LogP contribution is 2.11. The maximum Gasteiger partial charge on any atom is 0.332 e. The first-order chi connectivity index (χ1) is 8.99. The molecule has 0 spiro atoms. The normalized spacial score (nSPS) is 11.4. The zero-order valence-corrected chi connectivity index (χ0v) is 11.0. The molecule has 0 fully saturated rings. The van der Waals surface area contributed by atoms with Crippen molar-refractivity contribution in [3.05, 3.63) is 67.1 Å². The van der Waals surface area contributed by atoms with Gasteiger partial charge in [0, 0.05) is 11.5 Å². The van der Waals surface area contributed by atoms with E-state index in [-0.39, 0.29) is 4.90 Å². The summed E-state index contributed by atoms with van der Waals surface area (Å²) in [7, 11) is -3.64. The standard InChI is InChI=1S/C14H14O4S/c1-3-12(4-2)18-14(15)10-11-19(16,17)13-8-6-5-7-9-13/h3-12H,1-2H2/b11-10+. The van der Waals surface area contributed by atoms with E-state index in [9.17, 15) is 13.2 Å². The van der Waals surface area contributed by atoms with Gasteiger partial charge in [0.25, 0.3) is 0 Å². The van der Waals surface area contributed by atoms with E-state index in [1.807, 2.05) is 0 Å². The van der Waals surface area contributed by atoms with Crippen LogP contribution in [0, 0.1) is 0 Å². The Balaban J connectivity index is 2.79. The van der Waals surface area contributed by atoms with Crippen LogP contribution in [0.4, 0.5) is 0 Å². The highest BCUT2D eigenvalue weighted by atomic mass is 32.2. The van der Waals surface area contributed by atoms with Crippen molar-refractivity contribution < 1.29 is 17.9 Å². The van der Waals surface area contributed by atoms with E-state index in [2.05, 4.69) is 13.2 Å². The van der Waals surface area contributed by atoms with Crippen LogP contribution < -0.4 is 0 Å². The van der Waals surface area contributed by atoms with Gasteiger partial charge in [0.15, 0.2) is 9.84 Å². The monoisotopic (exact) mass is 278 g/mol. The van der Waals surface area contributed by atoms with Crippen LogP contribution in [0.15, 0.2) is 72.0 Å². The predicted molar refractivity (Wildman–Crippen MR) is 73.0 cm³/mol. The molecule has 0 amide bonds. The third kappa shape index (κ3) is 4.56. The molecule has 0 saturated carbocycles. The van der Waals surface area contributed by atoms with Gasteiger partial charge in [0.05, 0.1) is 4.90 Å². The summed E-state index contributed by atoms with van der Waals surface area (Å²) in [6.07, 6.45) is 2.98. The van der Waals surface area contributed by atoms with Crippen molar-refractivity contribution in [3.8, 4) is 0 Å². The fourth-order valence-electron chi connectivity index (χ4n) is 1.20. The van der Waals surface area contributed by atoms with E-state index in [0.29, 0.717) is 0 Å². The molecule has 0 aliphatic carbocycles. The van der Waals surface area contributed by atoms with Gasteiger partial charge < -0.3 is 4.74 Å². The van der Waals surface area contributed by atoms with Gasteiger partial charge in [-0.3, -0.25) is 0 Å². The Kier molecular flexibility index (Phi) is 5.26. The number of ether oxygens (including phenoxy) is 1. The van der Waals surface area contributed by atoms with Crippen LogP contribution in [-0.4, -0.2) is 20.5 Å². The minimum atomic E-state index is -3.64. The second kappa shape index (κ2) is 6.70. The summed E-state index contributed by atoms with van der Waals surface area (Å²) in [6, 6.07) is 7.80. The lowest BCUT2D eigenvalue weighted by atomic mass is 10.3. The van der Waals surface area contributed by atoms with Gasteiger partial charge in [0.2, 0.25) is 0 Å². The number of carbonyl (C=O) groups excluding carboxylic acids is 1. The smallest absolute Gasteiger partial charge is 0.332 e. The molecule has 0 aliphatic heterocycles. The zero-order valence-electron chi connectivity index (χ0n) is 10.2. The number of hydrogen-bond donors (Lipinski definition) is 0. The quantitative estimate of drug-likeness (QED) is 0.455. The van der Waals surface area contributed by atoms with Crippen molar-refractivity contribution in [2.24, 2.45) is 0 Å². The summed E-state index contributed by atoms with van der Waals surface area (Å²) >= 11 is 0. The van der Waals surface area contributed by atoms with Crippen molar-refractivity contribution >= 4 is 15.8 Å². The Hall–Kier alpha value is -2.14. The van der Waals surface area contributed by atoms with E-state index >= 15 is 0 Å². The molecular weight excluding hydrogens is 264 g/mol. The van der Waals surface area contributed by atoms with Crippen LogP contribution in [0.5, 0.6) is 0 Å². The van der Waals surface area contributed by atoms with Crippen LogP contribution in [0.25, 0.3) is 0 Å². The topological polar surface area (TPSA) is 60.4 Å². The molecule has 0 heterocycles. The molecule has 1 aromatic rings. The van der Waals surface area contributed by atoms with Crippen LogP contribution >= 0.6 is 0 Å². The van der Waals surface area contributed by atoms with Gasteiger partial charge in [-0.1, -0.05) is 31.4 Å². The van der Waals surface area contributed by atoms with Gasteiger partial charge in [-0.2, -0.15) is 0 Å². The van der Waals surface area contributed by atoms with Crippen molar-refractivity contribution in [3.63, 3.8) is 0 Å². The predicted octanol–water partition coefficient (Wildman–Crippen LogP) is 2.26. The number of sulfone groups is 1. The van der Waals surface area contributed by atoms with Crippen LogP contribution in [0.3, 0.4) is 0 Å². The number of rotatable bonds is 6. The van der Waals surface area contributed by atoms with E-state index in [0.717, 1.165) is 11.5 Å². The minimum Gasteiger partial charge on any atom is -0.451 e. The molecule has 0 atom stereocenters. The number of benzene rings is 1. The zero-order chi connectivity index (χ0) is 14.3. The second-order valence-electron chi connectivity index (χ2n) is 3.53. The Labute approximate surface area is 112 Å². The molecule has 0 aromatic heterocycles. The molecule has 100 valence electrons. The summed E-state index contributed by atoms with van der Waals surface area (Å²) in [6.45, 7) is 6.90.